The molecule has 100 valence electrons. The van der Waals surface area contributed by atoms with Gasteiger partial charge in [-0.2, -0.15) is 0 Å². The molecular weight excluding hydrogens is 228 g/mol. The first-order valence-corrected chi connectivity index (χ1v) is 6.36. The normalized spacial score (nSPS) is 12.5. The number of ketones is 1. The number of aliphatic hydroxyl groups excluding tert-OH is 1. The van der Waals surface area contributed by atoms with Crippen molar-refractivity contribution in [2.24, 2.45) is 5.92 Å². The summed E-state index contributed by atoms with van der Waals surface area (Å²) in [5, 5.41) is 10.0. The summed E-state index contributed by atoms with van der Waals surface area (Å²) in [6.07, 6.45) is 0.885. The number of rotatable bonds is 7. The number of carbonyl (C=O) groups is 1. The molecule has 0 bridgehead atoms. The molecule has 0 aliphatic heterocycles. The molecule has 3 heteroatoms. The maximum atomic E-state index is 11.6. The summed E-state index contributed by atoms with van der Waals surface area (Å²) in [5.74, 6) is 1.32. The van der Waals surface area contributed by atoms with Crippen LogP contribution < -0.4 is 4.74 Å². The van der Waals surface area contributed by atoms with Crippen LogP contribution in [0.5, 0.6) is 5.75 Å². The molecule has 1 aromatic rings. The van der Waals surface area contributed by atoms with Gasteiger partial charge in [-0.25, -0.2) is 0 Å². The first kappa shape index (κ1) is 14.7. The van der Waals surface area contributed by atoms with Gasteiger partial charge in [0.05, 0.1) is 13.2 Å². The molecule has 1 atom stereocenters. The van der Waals surface area contributed by atoms with Crippen LogP contribution in [0.1, 0.15) is 44.8 Å². The highest BCUT2D eigenvalue weighted by Crippen LogP contribution is 2.23. The summed E-state index contributed by atoms with van der Waals surface area (Å²) in [6.45, 7) is 4.05. The van der Waals surface area contributed by atoms with E-state index < -0.39 is 6.10 Å². The van der Waals surface area contributed by atoms with Gasteiger partial charge in [0.1, 0.15) is 11.5 Å². The van der Waals surface area contributed by atoms with E-state index in [9.17, 15) is 9.90 Å². The van der Waals surface area contributed by atoms with E-state index >= 15 is 0 Å². The molecule has 0 fully saturated rings. The average Bonchev–Trinajstić information content (AvgIpc) is 2.35. The number of hydrogen-bond acceptors (Lipinski definition) is 3. The number of methoxy groups -OCH3 is 1. The van der Waals surface area contributed by atoms with Gasteiger partial charge in [-0.05, 0) is 30.0 Å². The molecule has 0 heterocycles. The van der Waals surface area contributed by atoms with Gasteiger partial charge in [-0.1, -0.05) is 26.0 Å². The smallest absolute Gasteiger partial charge is 0.133 e. The van der Waals surface area contributed by atoms with E-state index in [2.05, 4.69) is 0 Å². The largest absolute Gasteiger partial charge is 0.497 e. The Morgan fingerprint density at radius 1 is 1.39 bits per heavy atom. The second kappa shape index (κ2) is 7.17. The molecule has 3 nitrogen and oxygen atoms in total. The summed E-state index contributed by atoms with van der Waals surface area (Å²) in [5.41, 5.74) is 0.798. The van der Waals surface area contributed by atoms with Crippen molar-refractivity contribution < 1.29 is 14.6 Å². The third-order valence-electron chi connectivity index (χ3n) is 2.81. The highest BCUT2D eigenvalue weighted by atomic mass is 16.5. The van der Waals surface area contributed by atoms with E-state index in [4.69, 9.17) is 4.74 Å². The summed E-state index contributed by atoms with van der Waals surface area (Å²) in [7, 11) is 1.59. The van der Waals surface area contributed by atoms with Gasteiger partial charge in [0.2, 0.25) is 0 Å². The van der Waals surface area contributed by atoms with Gasteiger partial charge in [0.15, 0.2) is 0 Å². The van der Waals surface area contributed by atoms with Crippen molar-refractivity contribution in [1.29, 1.82) is 0 Å². The van der Waals surface area contributed by atoms with Crippen molar-refractivity contribution in [2.45, 2.75) is 39.2 Å². The van der Waals surface area contributed by atoms with Gasteiger partial charge in [-0.3, -0.25) is 4.79 Å². The van der Waals surface area contributed by atoms with Crippen molar-refractivity contribution in [3.05, 3.63) is 29.8 Å². The Kier molecular flexibility index (Phi) is 5.86. The van der Waals surface area contributed by atoms with E-state index in [1.807, 2.05) is 32.0 Å². The Bertz CT molecular complexity index is 385. The lowest BCUT2D eigenvalue weighted by molar-refractivity contribution is -0.120. The number of Topliss-reactive ketones (excluding diaryl/α,β-unsaturated/α-hetero) is 1. The second-order valence-corrected chi connectivity index (χ2v) is 4.97. The van der Waals surface area contributed by atoms with Crippen LogP contribution >= 0.6 is 0 Å². The van der Waals surface area contributed by atoms with Crippen molar-refractivity contribution in [2.75, 3.05) is 7.11 Å². The first-order chi connectivity index (χ1) is 8.52. The van der Waals surface area contributed by atoms with Crippen LogP contribution in [0.15, 0.2) is 24.3 Å². The molecule has 0 aromatic heterocycles. The van der Waals surface area contributed by atoms with E-state index in [0.29, 0.717) is 25.2 Å². The van der Waals surface area contributed by atoms with Gasteiger partial charge in [-0.15, -0.1) is 0 Å². The van der Waals surface area contributed by atoms with Crippen LogP contribution in [0.25, 0.3) is 0 Å². The third kappa shape index (κ3) is 4.88. The van der Waals surface area contributed by atoms with Crippen LogP contribution in [0.2, 0.25) is 0 Å². The predicted molar refractivity (Wildman–Crippen MR) is 71.6 cm³/mol. The fourth-order valence-electron chi connectivity index (χ4n) is 1.87. The van der Waals surface area contributed by atoms with Gasteiger partial charge >= 0.3 is 0 Å². The molecule has 0 spiro atoms. The van der Waals surface area contributed by atoms with Gasteiger partial charge in [0, 0.05) is 12.8 Å². The maximum Gasteiger partial charge on any atom is 0.133 e. The Hall–Kier alpha value is -1.35. The number of carbonyl (C=O) groups excluding carboxylic acids is 1. The molecule has 0 saturated heterocycles. The van der Waals surface area contributed by atoms with E-state index in [1.54, 1.807) is 13.2 Å². The Morgan fingerprint density at radius 2 is 2.11 bits per heavy atom. The number of hydrogen-bond donors (Lipinski definition) is 1. The standard InChI is InChI=1S/C15H22O3/c1-11(2)9-13(16)7-8-15(17)12-5-4-6-14(10-12)18-3/h4-6,10-11,15,17H,7-9H2,1-3H3. The lowest BCUT2D eigenvalue weighted by atomic mass is 9.99. The summed E-state index contributed by atoms with van der Waals surface area (Å²) in [6, 6.07) is 7.32. The third-order valence-corrected chi connectivity index (χ3v) is 2.81. The van der Waals surface area contributed by atoms with Gasteiger partial charge < -0.3 is 9.84 Å². The molecule has 1 aromatic carbocycles. The zero-order valence-corrected chi connectivity index (χ0v) is 11.3. The molecular formula is C15H22O3. The minimum absolute atomic E-state index is 0.215. The fraction of sp³-hybridized carbons (Fsp3) is 0.533. The Labute approximate surface area is 109 Å². The molecule has 1 rings (SSSR count). The Morgan fingerprint density at radius 3 is 2.72 bits per heavy atom. The first-order valence-electron chi connectivity index (χ1n) is 6.36. The van der Waals surface area contributed by atoms with E-state index in [0.717, 1.165) is 11.3 Å². The van der Waals surface area contributed by atoms with Crippen LogP contribution in [-0.4, -0.2) is 18.0 Å². The number of aliphatic hydroxyl groups is 1. The fourth-order valence-corrected chi connectivity index (χ4v) is 1.87. The molecule has 0 saturated carbocycles. The van der Waals surface area contributed by atoms with Crippen molar-refractivity contribution in [3.63, 3.8) is 0 Å². The van der Waals surface area contributed by atoms with Crippen LogP contribution in [0, 0.1) is 5.92 Å². The molecule has 18 heavy (non-hydrogen) atoms. The minimum atomic E-state index is -0.601. The van der Waals surface area contributed by atoms with Gasteiger partial charge in [0.25, 0.3) is 0 Å². The monoisotopic (exact) mass is 250 g/mol. The van der Waals surface area contributed by atoms with Crippen LogP contribution in [0.3, 0.4) is 0 Å². The second-order valence-electron chi connectivity index (χ2n) is 4.97. The highest BCUT2D eigenvalue weighted by molar-refractivity contribution is 5.78. The predicted octanol–water partition coefficient (Wildman–Crippen LogP) is 3.12. The lowest BCUT2D eigenvalue weighted by Gasteiger charge is -2.12. The molecule has 0 aliphatic rings. The Balaban J connectivity index is 2.49. The molecule has 1 unspecified atom stereocenters. The number of ether oxygens (including phenoxy) is 1. The van der Waals surface area contributed by atoms with Crippen LogP contribution in [0.4, 0.5) is 0 Å². The quantitative estimate of drug-likeness (QED) is 0.808. The van der Waals surface area contributed by atoms with Crippen molar-refractivity contribution >= 4 is 5.78 Å². The zero-order chi connectivity index (χ0) is 13.5. The lowest BCUT2D eigenvalue weighted by Crippen LogP contribution is -2.06. The molecule has 0 amide bonds. The molecule has 0 radical (unpaired) electrons. The minimum Gasteiger partial charge on any atom is -0.497 e. The molecule has 0 aliphatic carbocycles. The maximum absolute atomic E-state index is 11.6. The highest BCUT2D eigenvalue weighted by Gasteiger charge is 2.12. The van der Waals surface area contributed by atoms with E-state index in [-0.39, 0.29) is 5.78 Å². The SMILES string of the molecule is COc1cccc(C(O)CCC(=O)CC(C)C)c1. The van der Waals surface area contributed by atoms with E-state index in [1.165, 1.54) is 0 Å². The summed E-state index contributed by atoms with van der Waals surface area (Å²) in [4.78, 5) is 11.6. The summed E-state index contributed by atoms with van der Waals surface area (Å²) >= 11 is 0. The van der Waals surface area contributed by atoms with Crippen molar-refractivity contribution in [1.82, 2.24) is 0 Å². The average molecular weight is 250 g/mol. The van der Waals surface area contributed by atoms with Crippen LogP contribution in [-0.2, 0) is 4.79 Å². The summed E-state index contributed by atoms with van der Waals surface area (Å²) < 4.78 is 5.11. The topological polar surface area (TPSA) is 46.5 Å². The zero-order valence-electron chi connectivity index (χ0n) is 11.3. The number of benzene rings is 1. The van der Waals surface area contributed by atoms with Crippen molar-refractivity contribution in [3.8, 4) is 5.75 Å². The molecule has 1 N–H and O–H groups in total.